The summed E-state index contributed by atoms with van der Waals surface area (Å²) >= 11 is 0. The number of sulfonamides is 1. The van der Waals surface area contributed by atoms with Crippen LogP contribution in [0.2, 0.25) is 0 Å². The van der Waals surface area contributed by atoms with Crippen LogP contribution in [0.4, 0.5) is 14.5 Å². The molecule has 26 heavy (non-hydrogen) atoms. The Balaban J connectivity index is 2.09. The first-order valence-corrected chi connectivity index (χ1v) is 9.53. The zero-order valence-electron chi connectivity index (χ0n) is 14.4. The standard InChI is InChI=1S/C18H20F2N2O3S/c1-12(2)9-10-21-18(23)13-3-6-15(7-4-13)26(24,25)22-17-8-5-14(19)11-16(17)20/h3-8,11-12,22H,9-10H2,1-2H3,(H,21,23). The van der Waals surface area contributed by atoms with Gasteiger partial charge < -0.3 is 5.32 Å². The van der Waals surface area contributed by atoms with Gasteiger partial charge in [0.1, 0.15) is 11.6 Å². The molecule has 0 aliphatic heterocycles. The molecule has 5 nitrogen and oxygen atoms in total. The number of amides is 1. The van der Waals surface area contributed by atoms with Crippen LogP contribution in [0.5, 0.6) is 0 Å². The highest BCUT2D eigenvalue weighted by molar-refractivity contribution is 7.92. The summed E-state index contributed by atoms with van der Waals surface area (Å²) in [5, 5.41) is 2.75. The molecule has 0 atom stereocenters. The molecule has 8 heteroatoms. The average Bonchev–Trinajstić information content (AvgIpc) is 2.57. The lowest BCUT2D eigenvalue weighted by molar-refractivity contribution is 0.0952. The molecule has 0 aliphatic carbocycles. The summed E-state index contributed by atoms with van der Waals surface area (Å²) < 4.78 is 53.2. The molecular weight excluding hydrogens is 362 g/mol. The van der Waals surface area contributed by atoms with Gasteiger partial charge in [-0.15, -0.1) is 0 Å². The van der Waals surface area contributed by atoms with Gasteiger partial charge in [-0.3, -0.25) is 9.52 Å². The van der Waals surface area contributed by atoms with E-state index in [2.05, 4.69) is 10.0 Å². The lowest BCUT2D eigenvalue weighted by atomic mass is 10.1. The molecule has 0 saturated heterocycles. The van der Waals surface area contributed by atoms with Crippen molar-refractivity contribution in [2.75, 3.05) is 11.3 Å². The van der Waals surface area contributed by atoms with E-state index in [1.54, 1.807) is 0 Å². The van der Waals surface area contributed by atoms with Gasteiger partial charge in [0.2, 0.25) is 0 Å². The molecule has 2 aromatic carbocycles. The third-order valence-electron chi connectivity index (χ3n) is 3.61. The number of carbonyl (C=O) groups excluding carboxylic acids is 1. The fourth-order valence-electron chi connectivity index (χ4n) is 2.14. The summed E-state index contributed by atoms with van der Waals surface area (Å²) in [5.41, 5.74) is -0.0393. The van der Waals surface area contributed by atoms with E-state index in [1.165, 1.54) is 24.3 Å². The smallest absolute Gasteiger partial charge is 0.261 e. The fourth-order valence-corrected chi connectivity index (χ4v) is 3.21. The van der Waals surface area contributed by atoms with E-state index in [1.807, 2.05) is 13.8 Å². The van der Waals surface area contributed by atoms with Crippen LogP contribution in [0, 0.1) is 17.6 Å². The second-order valence-corrected chi connectivity index (χ2v) is 7.87. The molecule has 140 valence electrons. The van der Waals surface area contributed by atoms with Gasteiger partial charge in [-0.1, -0.05) is 13.8 Å². The van der Waals surface area contributed by atoms with Gasteiger partial charge in [0.25, 0.3) is 15.9 Å². The van der Waals surface area contributed by atoms with Gasteiger partial charge in [-0.05, 0) is 48.7 Å². The van der Waals surface area contributed by atoms with Gasteiger partial charge in [-0.25, -0.2) is 17.2 Å². The number of anilines is 1. The van der Waals surface area contributed by atoms with E-state index in [9.17, 15) is 22.0 Å². The lowest BCUT2D eigenvalue weighted by Gasteiger charge is -2.10. The van der Waals surface area contributed by atoms with E-state index in [-0.39, 0.29) is 16.5 Å². The van der Waals surface area contributed by atoms with E-state index in [4.69, 9.17) is 0 Å². The number of hydrogen-bond acceptors (Lipinski definition) is 3. The molecule has 0 aromatic heterocycles. The lowest BCUT2D eigenvalue weighted by Crippen LogP contribution is -2.25. The first-order chi connectivity index (χ1) is 12.2. The summed E-state index contributed by atoms with van der Waals surface area (Å²) in [5.74, 6) is -1.67. The minimum Gasteiger partial charge on any atom is -0.352 e. The van der Waals surface area contributed by atoms with Crippen LogP contribution in [-0.2, 0) is 10.0 Å². The van der Waals surface area contributed by atoms with E-state index >= 15 is 0 Å². The molecule has 0 unspecified atom stereocenters. The second-order valence-electron chi connectivity index (χ2n) is 6.19. The van der Waals surface area contributed by atoms with Gasteiger partial charge in [0.05, 0.1) is 10.6 Å². The normalized spacial score (nSPS) is 11.4. The Kier molecular flexibility index (Phi) is 6.31. The predicted octanol–water partition coefficient (Wildman–Crippen LogP) is 3.54. The third kappa shape index (κ3) is 5.26. The summed E-state index contributed by atoms with van der Waals surface area (Å²) in [4.78, 5) is 11.9. The SMILES string of the molecule is CC(C)CCNC(=O)c1ccc(S(=O)(=O)Nc2ccc(F)cc2F)cc1. The maximum atomic E-state index is 13.6. The van der Waals surface area contributed by atoms with Crippen molar-refractivity contribution < 1.29 is 22.0 Å². The largest absolute Gasteiger partial charge is 0.352 e. The van der Waals surface area contributed by atoms with Crippen LogP contribution < -0.4 is 10.0 Å². The number of hydrogen-bond donors (Lipinski definition) is 2. The Labute approximate surface area is 151 Å². The molecule has 0 fully saturated rings. The van der Waals surface area contributed by atoms with Gasteiger partial charge in [0, 0.05) is 18.2 Å². The van der Waals surface area contributed by atoms with Crippen LogP contribution in [-0.4, -0.2) is 20.9 Å². The van der Waals surface area contributed by atoms with Gasteiger partial charge in [-0.2, -0.15) is 0 Å². The number of nitrogens with one attached hydrogen (secondary N) is 2. The third-order valence-corrected chi connectivity index (χ3v) is 4.99. The molecule has 1 amide bonds. The molecular formula is C18H20F2N2O3S. The van der Waals surface area contributed by atoms with Crippen LogP contribution >= 0.6 is 0 Å². The van der Waals surface area contributed by atoms with Crippen molar-refractivity contribution in [2.24, 2.45) is 5.92 Å². The molecule has 0 spiro atoms. The van der Waals surface area contributed by atoms with Crippen molar-refractivity contribution in [3.05, 3.63) is 59.7 Å². The predicted molar refractivity (Wildman–Crippen MR) is 95.4 cm³/mol. The number of halogens is 2. The monoisotopic (exact) mass is 382 g/mol. The molecule has 0 heterocycles. The summed E-state index contributed by atoms with van der Waals surface area (Å²) in [7, 11) is -4.06. The first-order valence-electron chi connectivity index (χ1n) is 8.05. The highest BCUT2D eigenvalue weighted by atomic mass is 32.2. The van der Waals surface area contributed by atoms with E-state index in [0.717, 1.165) is 18.6 Å². The van der Waals surface area contributed by atoms with Crippen molar-refractivity contribution in [2.45, 2.75) is 25.2 Å². The molecule has 0 bridgehead atoms. The maximum absolute atomic E-state index is 13.6. The maximum Gasteiger partial charge on any atom is 0.261 e. The zero-order valence-corrected chi connectivity index (χ0v) is 15.2. The van der Waals surface area contributed by atoms with Gasteiger partial charge >= 0.3 is 0 Å². The number of carbonyl (C=O) groups is 1. The fraction of sp³-hybridized carbons (Fsp3) is 0.278. The molecule has 2 rings (SSSR count). The first kappa shape index (κ1) is 19.8. The number of rotatable bonds is 7. The van der Waals surface area contributed by atoms with Crippen molar-refractivity contribution in [1.82, 2.24) is 5.32 Å². The van der Waals surface area contributed by atoms with Crippen molar-refractivity contribution >= 4 is 21.6 Å². The van der Waals surface area contributed by atoms with Crippen LogP contribution in [0.25, 0.3) is 0 Å². The molecule has 2 aromatic rings. The van der Waals surface area contributed by atoms with Gasteiger partial charge in [0.15, 0.2) is 0 Å². The second kappa shape index (κ2) is 8.27. The number of benzene rings is 2. The topological polar surface area (TPSA) is 75.3 Å². The van der Waals surface area contributed by atoms with E-state index < -0.39 is 21.7 Å². The molecule has 2 N–H and O–H groups in total. The highest BCUT2D eigenvalue weighted by Crippen LogP contribution is 2.20. The Hall–Kier alpha value is -2.48. The van der Waals surface area contributed by atoms with Crippen LogP contribution in [0.15, 0.2) is 47.4 Å². The van der Waals surface area contributed by atoms with Crippen molar-refractivity contribution in [1.29, 1.82) is 0 Å². The molecule has 0 radical (unpaired) electrons. The molecule has 0 saturated carbocycles. The summed E-state index contributed by atoms with van der Waals surface area (Å²) in [6, 6.07) is 7.79. The van der Waals surface area contributed by atoms with Crippen molar-refractivity contribution in [3.8, 4) is 0 Å². The Morgan fingerprint density at radius 1 is 1.08 bits per heavy atom. The van der Waals surface area contributed by atoms with Crippen LogP contribution in [0.3, 0.4) is 0 Å². The van der Waals surface area contributed by atoms with E-state index in [0.29, 0.717) is 24.1 Å². The van der Waals surface area contributed by atoms with Crippen molar-refractivity contribution in [3.63, 3.8) is 0 Å². The minimum atomic E-state index is -4.06. The quantitative estimate of drug-likeness (QED) is 0.769. The Morgan fingerprint density at radius 2 is 1.73 bits per heavy atom. The minimum absolute atomic E-state index is 0.139. The molecule has 0 aliphatic rings. The highest BCUT2D eigenvalue weighted by Gasteiger charge is 2.17. The van der Waals surface area contributed by atoms with Crippen LogP contribution in [0.1, 0.15) is 30.6 Å². The summed E-state index contributed by atoms with van der Waals surface area (Å²) in [6.45, 7) is 4.62. The average molecular weight is 382 g/mol. The Morgan fingerprint density at radius 3 is 2.31 bits per heavy atom. The Bertz CT molecular complexity index is 882. The summed E-state index contributed by atoms with van der Waals surface area (Å²) in [6.07, 6.45) is 0.839. The zero-order chi connectivity index (χ0) is 19.3.